The number of nitrogens with zero attached hydrogens (tertiary/aromatic N) is 4. The van der Waals surface area contributed by atoms with Crippen molar-refractivity contribution in [1.29, 1.82) is 0 Å². The highest BCUT2D eigenvalue weighted by molar-refractivity contribution is 7.99. The highest BCUT2D eigenvalue weighted by Gasteiger charge is 2.09. The van der Waals surface area contributed by atoms with Gasteiger partial charge >= 0.3 is 0 Å². The van der Waals surface area contributed by atoms with Crippen LogP contribution in [-0.4, -0.2) is 61.5 Å². The molecule has 1 aromatic rings. The molecule has 0 amide bonds. The molecule has 98 valence electrons. The van der Waals surface area contributed by atoms with Gasteiger partial charge in [0.15, 0.2) is 0 Å². The Morgan fingerprint density at radius 1 is 1.47 bits per heavy atom. The van der Waals surface area contributed by atoms with Crippen molar-refractivity contribution in [3.05, 3.63) is 0 Å². The van der Waals surface area contributed by atoms with Gasteiger partial charge in [-0.3, -0.25) is 0 Å². The van der Waals surface area contributed by atoms with Gasteiger partial charge in [-0.1, -0.05) is 25.6 Å². The van der Waals surface area contributed by atoms with Crippen molar-refractivity contribution in [2.75, 3.05) is 18.9 Å². The second-order valence-corrected chi connectivity index (χ2v) is 4.93. The number of hydrogen-bond donors (Lipinski definition) is 3. The van der Waals surface area contributed by atoms with E-state index in [2.05, 4.69) is 34.7 Å². The van der Waals surface area contributed by atoms with E-state index < -0.39 is 6.10 Å². The highest BCUT2D eigenvalue weighted by atomic mass is 32.2. The Balaban J connectivity index is 2.37. The van der Waals surface area contributed by atoms with Crippen LogP contribution in [0, 0.1) is 0 Å². The van der Waals surface area contributed by atoms with Crippen LogP contribution in [-0.2, 0) is 6.54 Å². The van der Waals surface area contributed by atoms with Gasteiger partial charge in [0.2, 0.25) is 5.16 Å². The first-order chi connectivity index (χ1) is 8.13. The summed E-state index contributed by atoms with van der Waals surface area (Å²) in [6.45, 7) is 5.38. The normalized spacial score (nSPS) is 13.2. The molecular weight excluding hydrogens is 242 g/mol. The number of hydrogen-bond acceptors (Lipinski definition) is 7. The van der Waals surface area contributed by atoms with Gasteiger partial charge in [0.25, 0.3) is 0 Å². The Morgan fingerprint density at radius 2 is 2.24 bits per heavy atom. The van der Waals surface area contributed by atoms with E-state index >= 15 is 0 Å². The van der Waals surface area contributed by atoms with Gasteiger partial charge in [0, 0.05) is 18.3 Å². The number of rotatable bonds is 8. The molecule has 0 aliphatic carbocycles. The van der Waals surface area contributed by atoms with Crippen molar-refractivity contribution in [1.82, 2.24) is 25.5 Å². The number of thioether (sulfide) groups is 1. The zero-order valence-electron chi connectivity index (χ0n) is 10.1. The van der Waals surface area contributed by atoms with E-state index in [0.29, 0.717) is 23.5 Å². The number of aliphatic hydroxyl groups excluding tert-OH is 2. The van der Waals surface area contributed by atoms with Gasteiger partial charge in [-0.15, -0.1) is 5.10 Å². The summed E-state index contributed by atoms with van der Waals surface area (Å²) >= 11 is 1.33. The molecule has 1 heterocycles. The predicted molar refractivity (Wildman–Crippen MR) is 64.8 cm³/mol. The zero-order chi connectivity index (χ0) is 12.7. The molecule has 0 aliphatic heterocycles. The number of nitrogens with one attached hydrogen (secondary N) is 1. The van der Waals surface area contributed by atoms with E-state index in [1.807, 2.05) is 0 Å². The van der Waals surface area contributed by atoms with Crippen LogP contribution in [0.2, 0.25) is 0 Å². The van der Waals surface area contributed by atoms with E-state index in [1.165, 1.54) is 11.8 Å². The molecule has 7 nitrogen and oxygen atoms in total. The van der Waals surface area contributed by atoms with E-state index in [4.69, 9.17) is 5.11 Å². The minimum atomic E-state index is -0.737. The number of aliphatic hydroxyl groups is 2. The maximum atomic E-state index is 9.24. The molecule has 17 heavy (non-hydrogen) atoms. The highest BCUT2D eigenvalue weighted by Crippen LogP contribution is 2.14. The second kappa shape index (κ2) is 7.59. The fourth-order valence-corrected chi connectivity index (χ4v) is 1.94. The average molecular weight is 261 g/mol. The van der Waals surface area contributed by atoms with Crippen LogP contribution in [0.1, 0.15) is 13.8 Å². The van der Waals surface area contributed by atoms with Crippen molar-refractivity contribution in [2.24, 2.45) is 0 Å². The Kier molecular flexibility index (Phi) is 6.41. The third-order valence-electron chi connectivity index (χ3n) is 1.99. The summed E-state index contributed by atoms with van der Waals surface area (Å²) in [6, 6.07) is 0.429. The van der Waals surface area contributed by atoms with Crippen molar-refractivity contribution >= 4 is 11.8 Å². The van der Waals surface area contributed by atoms with Crippen molar-refractivity contribution < 1.29 is 10.2 Å². The van der Waals surface area contributed by atoms with Crippen LogP contribution in [0.15, 0.2) is 5.16 Å². The Labute approximate surface area is 105 Å². The summed E-state index contributed by atoms with van der Waals surface area (Å²) in [7, 11) is 0. The average Bonchev–Trinajstić information content (AvgIpc) is 2.73. The summed E-state index contributed by atoms with van der Waals surface area (Å²) < 4.78 is 1.68. The minimum Gasteiger partial charge on any atom is -0.394 e. The summed E-state index contributed by atoms with van der Waals surface area (Å²) in [4.78, 5) is 0. The van der Waals surface area contributed by atoms with Crippen LogP contribution in [0.5, 0.6) is 0 Å². The SMILES string of the molecule is CC(C)NCCn1nnnc1SCC(O)CO. The van der Waals surface area contributed by atoms with E-state index in [9.17, 15) is 5.11 Å². The molecule has 0 fully saturated rings. The van der Waals surface area contributed by atoms with Gasteiger partial charge < -0.3 is 15.5 Å². The molecular formula is C9H19N5O2S. The molecule has 0 spiro atoms. The standard InChI is InChI=1S/C9H19N5O2S/c1-7(2)10-3-4-14-9(11-12-13-14)17-6-8(16)5-15/h7-8,10,15-16H,3-6H2,1-2H3. The summed E-state index contributed by atoms with van der Waals surface area (Å²) in [5, 5.41) is 33.2. The van der Waals surface area contributed by atoms with Crippen molar-refractivity contribution in [3.63, 3.8) is 0 Å². The maximum Gasteiger partial charge on any atom is 0.209 e. The van der Waals surface area contributed by atoms with Crippen molar-refractivity contribution in [2.45, 2.75) is 37.7 Å². The Morgan fingerprint density at radius 3 is 2.88 bits per heavy atom. The molecule has 0 aromatic carbocycles. The maximum absolute atomic E-state index is 9.24. The van der Waals surface area contributed by atoms with Crippen molar-refractivity contribution in [3.8, 4) is 0 Å². The molecule has 3 N–H and O–H groups in total. The van der Waals surface area contributed by atoms with Gasteiger partial charge in [0.1, 0.15) is 0 Å². The third-order valence-corrected chi connectivity index (χ3v) is 3.09. The van der Waals surface area contributed by atoms with E-state index in [1.54, 1.807) is 4.68 Å². The fourth-order valence-electron chi connectivity index (χ4n) is 1.12. The van der Waals surface area contributed by atoms with Gasteiger partial charge in [-0.25, -0.2) is 4.68 Å². The summed E-state index contributed by atoms with van der Waals surface area (Å²) in [5.74, 6) is 0.383. The van der Waals surface area contributed by atoms with Crippen LogP contribution >= 0.6 is 11.8 Å². The second-order valence-electron chi connectivity index (χ2n) is 3.94. The van der Waals surface area contributed by atoms with Crippen LogP contribution in [0.3, 0.4) is 0 Å². The zero-order valence-corrected chi connectivity index (χ0v) is 10.9. The number of aromatic nitrogens is 4. The molecule has 8 heteroatoms. The number of tetrazole rings is 1. The van der Waals surface area contributed by atoms with Crippen LogP contribution in [0.25, 0.3) is 0 Å². The smallest absolute Gasteiger partial charge is 0.209 e. The summed E-state index contributed by atoms with van der Waals surface area (Å²) in [5.41, 5.74) is 0. The Bertz CT molecular complexity index is 320. The van der Waals surface area contributed by atoms with Crippen LogP contribution in [0.4, 0.5) is 0 Å². The lowest BCUT2D eigenvalue weighted by atomic mass is 10.4. The third kappa shape index (κ3) is 5.44. The quantitative estimate of drug-likeness (QED) is 0.523. The molecule has 1 rings (SSSR count). The lowest BCUT2D eigenvalue weighted by molar-refractivity contribution is 0.113. The van der Waals surface area contributed by atoms with Gasteiger partial charge in [-0.2, -0.15) is 0 Å². The molecule has 0 aliphatic rings. The summed E-state index contributed by atoms with van der Waals surface area (Å²) in [6.07, 6.45) is -0.737. The lowest BCUT2D eigenvalue weighted by Gasteiger charge is -2.09. The van der Waals surface area contributed by atoms with E-state index in [-0.39, 0.29) is 6.61 Å². The first-order valence-electron chi connectivity index (χ1n) is 5.54. The van der Waals surface area contributed by atoms with Crippen LogP contribution < -0.4 is 5.32 Å². The molecule has 0 radical (unpaired) electrons. The first-order valence-corrected chi connectivity index (χ1v) is 6.53. The molecule has 1 unspecified atom stereocenters. The topological polar surface area (TPSA) is 96.1 Å². The molecule has 0 saturated heterocycles. The predicted octanol–water partition coefficient (Wildman–Crippen LogP) is -0.884. The van der Waals surface area contributed by atoms with Gasteiger partial charge in [-0.05, 0) is 10.4 Å². The first kappa shape index (κ1) is 14.4. The lowest BCUT2D eigenvalue weighted by Crippen LogP contribution is -2.27. The Hall–Kier alpha value is -0.700. The molecule has 0 saturated carbocycles. The molecule has 1 aromatic heterocycles. The monoisotopic (exact) mass is 261 g/mol. The van der Waals surface area contributed by atoms with Gasteiger partial charge in [0.05, 0.1) is 19.3 Å². The van der Waals surface area contributed by atoms with E-state index in [0.717, 1.165) is 6.54 Å². The molecule has 0 bridgehead atoms. The fraction of sp³-hybridized carbons (Fsp3) is 0.889. The molecule has 1 atom stereocenters. The minimum absolute atomic E-state index is 0.247. The largest absolute Gasteiger partial charge is 0.394 e.